The van der Waals surface area contributed by atoms with Gasteiger partial charge in [-0.05, 0) is 13.0 Å². The maximum Gasteiger partial charge on any atom is 0.313 e. The van der Waals surface area contributed by atoms with Gasteiger partial charge in [-0.3, -0.25) is 10.1 Å². The standard InChI is InChI=1S/C9H11NO3S/c1-7-3-2-4-8(13-5-6-14)9(7)10(11)12/h2-4,14H,5-6H2,1H3. The Balaban J connectivity index is 3.02. The molecule has 0 atom stereocenters. The molecule has 14 heavy (non-hydrogen) atoms. The summed E-state index contributed by atoms with van der Waals surface area (Å²) in [5, 5.41) is 10.7. The molecule has 0 aromatic heterocycles. The molecule has 0 heterocycles. The molecule has 4 nitrogen and oxygen atoms in total. The van der Waals surface area contributed by atoms with Crippen LogP contribution in [0.2, 0.25) is 0 Å². The van der Waals surface area contributed by atoms with Crippen molar-refractivity contribution in [2.75, 3.05) is 12.4 Å². The molecule has 0 saturated carbocycles. The molecule has 0 radical (unpaired) electrons. The summed E-state index contributed by atoms with van der Waals surface area (Å²) < 4.78 is 5.21. The van der Waals surface area contributed by atoms with E-state index >= 15 is 0 Å². The van der Waals surface area contributed by atoms with Crippen LogP contribution in [-0.2, 0) is 0 Å². The van der Waals surface area contributed by atoms with E-state index < -0.39 is 4.92 Å². The van der Waals surface area contributed by atoms with Crippen LogP contribution in [0.4, 0.5) is 5.69 Å². The third-order valence-corrected chi connectivity index (χ3v) is 1.91. The average molecular weight is 213 g/mol. The molecule has 0 aliphatic carbocycles. The number of hydrogen-bond donors (Lipinski definition) is 1. The van der Waals surface area contributed by atoms with Crippen LogP contribution >= 0.6 is 12.6 Å². The number of nitro benzene ring substituents is 1. The lowest BCUT2D eigenvalue weighted by molar-refractivity contribution is -0.386. The molecule has 0 fully saturated rings. The second kappa shape index (κ2) is 4.85. The largest absolute Gasteiger partial charge is 0.486 e. The highest BCUT2D eigenvalue weighted by atomic mass is 32.1. The highest BCUT2D eigenvalue weighted by Crippen LogP contribution is 2.29. The lowest BCUT2D eigenvalue weighted by Crippen LogP contribution is -2.02. The van der Waals surface area contributed by atoms with E-state index in [0.29, 0.717) is 23.7 Å². The van der Waals surface area contributed by atoms with E-state index in [1.54, 1.807) is 25.1 Å². The summed E-state index contributed by atoms with van der Waals surface area (Å²) in [6.45, 7) is 2.05. The normalized spacial score (nSPS) is 9.86. The zero-order valence-corrected chi connectivity index (χ0v) is 8.66. The van der Waals surface area contributed by atoms with Gasteiger partial charge in [0, 0.05) is 11.3 Å². The monoisotopic (exact) mass is 213 g/mol. The zero-order valence-electron chi connectivity index (χ0n) is 7.77. The van der Waals surface area contributed by atoms with Crippen LogP contribution in [0.5, 0.6) is 5.75 Å². The van der Waals surface area contributed by atoms with Crippen LogP contribution in [-0.4, -0.2) is 17.3 Å². The van der Waals surface area contributed by atoms with E-state index in [9.17, 15) is 10.1 Å². The number of nitro groups is 1. The molecule has 5 heteroatoms. The van der Waals surface area contributed by atoms with E-state index in [4.69, 9.17) is 4.74 Å². The Morgan fingerprint density at radius 3 is 2.86 bits per heavy atom. The fourth-order valence-electron chi connectivity index (χ4n) is 1.14. The fourth-order valence-corrected chi connectivity index (χ4v) is 1.23. The Morgan fingerprint density at radius 1 is 1.57 bits per heavy atom. The minimum atomic E-state index is -0.427. The maximum absolute atomic E-state index is 10.7. The number of para-hydroxylation sites is 1. The van der Waals surface area contributed by atoms with Crippen molar-refractivity contribution in [1.29, 1.82) is 0 Å². The molecule has 0 unspecified atom stereocenters. The van der Waals surface area contributed by atoms with E-state index in [2.05, 4.69) is 12.6 Å². The lowest BCUT2D eigenvalue weighted by Gasteiger charge is -2.06. The summed E-state index contributed by atoms with van der Waals surface area (Å²) in [6, 6.07) is 5.01. The number of aryl methyl sites for hydroxylation is 1. The van der Waals surface area contributed by atoms with Gasteiger partial charge in [0.1, 0.15) is 0 Å². The van der Waals surface area contributed by atoms with Crippen molar-refractivity contribution in [3.8, 4) is 5.75 Å². The topological polar surface area (TPSA) is 52.4 Å². The van der Waals surface area contributed by atoms with Crippen molar-refractivity contribution in [1.82, 2.24) is 0 Å². The molecule has 0 amide bonds. The van der Waals surface area contributed by atoms with Gasteiger partial charge in [-0.15, -0.1) is 0 Å². The lowest BCUT2D eigenvalue weighted by atomic mass is 10.2. The van der Waals surface area contributed by atoms with Crippen molar-refractivity contribution in [2.45, 2.75) is 6.92 Å². The summed E-state index contributed by atoms with van der Waals surface area (Å²) in [5.41, 5.74) is 0.640. The van der Waals surface area contributed by atoms with Gasteiger partial charge in [0.2, 0.25) is 0 Å². The maximum atomic E-state index is 10.7. The Labute approximate surface area is 87.4 Å². The number of thiol groups is 1. The summed E-state index contributed by atoms with van der Waals surface area (Å²) in [7, 11) is 0. The molecule has 0 bridgehead atoms. The summed E-state index contributed by atoms with van der Waals surface area (Å²) in [5.74, 6) is 0.842. The Hall–Kier alpha value is -1.23. The molecule has 0 spiro atoms. The molecular formula is C9H11NO3S. The second-order valence-corrected chi connectivity index (χ2v) is 3.20. The van der Waals surface area contributed by atoms with Gasteiger partial charge in [0.25, 0.3) is 0 Å². The van der Waals surface area contributed by atoms with Crippen molar-refractivity contribution in [3.05, 3.63) is 33.9 Å². The third-order valence-electron chi connectivity index (χ3n) is 1.73. The number of nitrogens with zero attached hydrogens (tertiary/aromatic N) is 1. The summed E-state index contributed by atoms with van der Waals surface area (Å²) in [6.07, 6.45) is 0. The molecule has 1 rings (SSSR count). The van der Waals surface area contributed by atoms with Gasteiger partial charge in [-0.1, -0.05) is 12.1 Å². The summed E-state index contributed by atoms with van der Waals surface area (Å²) in [4.78, 5) is 10.3. The Kier molecular flexibility index (Phi) is 3.76. The van der Waals surface area contributed by atoms with E-state index in [-0.39, 0.29) is 5.69 Å². The first-order valence-corrected chi connectivity index (χ1v) is 4.77. The molecular weight excluding hydrogens is 202 g/mol. The quantitative estimate of drug-likeness (QED) is 0.474. The summed E-state index contributed by atoms with van der Waals surface area (Å²) >= 11 is 3.97. The number of ether oxygens (including phenoxy) is 1. The zero-order chi connectivity index (χ0) is 10.6. The van der Waals surface area contributed by atoms with Gasteiger partial charge in [-0.25, -0.2) is 0 Å². The Bertz CT molecular complexity index is 341. The molecule has 1 aromatic carbocycles. The average Bonchev–Trinajstić information content (AvgIpc) is 2.14. The molecule has 0 aliphatic heterocycles. The highest BCUT2D eigenvalue weighted by Gasteiger charge is 2.17. The van der Waals surface area contributed by atoms with Crippen LogP contribution in [0.3, 0.4) is 0 Å². The van der Waals surface area contributed by atoms with Crippen LogP contribution in [0.15, 0.2) is 18.2 Å². The van der Waals surface area contributed by atoms with Crippen LogP contribution in [0.25, 0.3) is 0 Å². The SMILES string of the molecule is Cc1cccc(OCCS)c1[N+](=O)[O-]. The number of benzene rings is 1. The first kappa shape index (κ1) is 10.8. The van der Waals surface area contributed by atoms with Crippen molar-refractivity contribution < 1.29 is 9.66 Å². The minimum Gasteiger partial charge on any atom is -0.486 e. The van der Waals surface area contributed by atoms with Crippen LogP contribution < -0.4 is 4.74 Å². The molecule has 0 saturated heterocycles. The van der Waals surface area contributed by atoms with Gasteiger partial charge in [0.05, 0.1) is 11.5 Å². The smallest absolute Gasteiger partial charge is 0.313 e. The number of rotatable bonds is 4. The molecule has 76 valence electrons. The first-order valence-electron chi connectivity index (χ1n) is 4.14. The van der Waals surface area contributed by atoms with Gasteiger partial charge >= 0.3 is 5.69 Å². The second-order valence-electron chi connectivity index (χ2n) is 2.75. The predicted octanol–water partition coefficient (Wildman–Crippen LogP) is 2.21. The van der Waals surface area contributed by atoms with E-state index in [1.165, 1.54) is 0 Å². The fraction of sp³-hybridized carbons (Fsp3) is 0.333. The molecule has 1 aromatic rings. The van der Waals surface area contributed by atoms with E-state index in [0.717, 1.165) is 0 Å². The van der Waals surface area contributed by atoms with Gasteiger partial charge in [0.15, 0.2) is 5.75 Å². The third kappa shape index (κ3) is 2.38. The van der Waals surface area contributed by atoms with Crippen molar-refractivity contribution in [3.63, 3.8) is 0 Å². The van der Waals surface area contributed by atoms with Crippen LogP contribution in [0, 0.1) is 17.0 Å². The van der Waals surface area contributed by atoms with Crippen molar-refractivity contribution in [2.24, 2.45) is 0 Å². The van der Waals surface area contributed by atoms with Gasteiger partial charge < -0.3 is 4.74 Å². The molecule has 0 aliphatic rings. The molecule has 0 N–H and O–H groups in total. The van der Waals surface area contributed by atoms with Crippen LogP contribution in [0.1, 0.15) is 5.56 Å². The van der Waals surface area contributed by atoms with E-state index in [1.807, 2.05) is 0 Å². The minimum absolute atomic E-state index is 0.0364. The Morgan fingerprint density at radius 2 is 2.29 bits per heavy atom. The van der Waals surface area contributed by atoms with Gasteiger partial charge in [-0.2, -0.15) is 12.6 Å². The predicted molar refractivity (Wildman–Crippen MR) is 57.2 cm³/mol. The number of hydrogen-bond acceptors (Lipinski definition) is 4. The highest BCUT2D eigenvalue weighted by molar-refractivity contribution is 7.80. The first-order chi connectivity index (χ1) is 6.66. The van der Waals surface area contributed by atoms with Crippen molar-refractivity contribution >= 4 is 18.3 Å².